The second-order valence-corrected chi connectivity index (χ2v) is 18.2. The molecule has 0 aromatic carbocycles. The zero-order valence-corrected chi connectivity index (χ0v) is 37.5. The van der Waals surface area contributed by atoms with Gasteiger partial charge in [-0.1, -0.05) is 185 Å². The Bertz CT molecular complexity index is 995. The van der Waals surface area contributed by atoms with Crippen LogP contribution in [0, 0.1) is 0 Å². The number of nitrogens with zero attached hydrogens (tertiary/aromatic N) is 1. The lowest BCUT2D eigenvalue weighted by atomic mass is 10.0. The van der Waals surface area contributed by atoms with Crippen molar-refractivity contribution in [2.45, 2.75) is 212 Å². The molecule has 0 radical (unpaired) electrons. The molecule has 2 N–H and O–H groups in total. The predicted octanol–water partition coefficient (Wildman–Crippen LogP) is 12.1. The number of hydrogen-bond acceptors (Lipinski definition) is 6. The van der Waals surface area contributed by atoms with E-state index in [1.54, 1.807) is 6.08 Å². The maximum absolute atomic E-state index is 12.8. The first kappa shape index (κ1) is 53.7. The third-order valence-corrected chi connectivity index (χ3v) is 11.0. The van der Waals surface area contributed by atoms with E-state index in [1.807, 2.05) is 27.2 Å². The highest BCUT2D eigenvalue weighted by molar-refractivity contribution is 7.45. The van der Waals surface area contributed by atoms with Crippen molar-refractivity contribution in [3.05, 3.63) is 36.5 Å². The van der Waals surface area contributed by atoms with Gasteiger partial charge >= 0.3 is 0 Å². The van der Waals surface area contributed by atoms with Crippen LogP contribution in [0.2, 0.25) is 0 Å². The molecule has 0 rings (SSSR count). The highest BCUT2D eigenvalue weighted by Crippen LogP contribution is 2.38. The molecule has 0 heterocycles. The summed E-state index contributed by atoms with van der Waals surface area (Å²) >= 11 is 0. The summed E-state index contributed by atoms with van der Waals surface area (Å²) in [4.78, 5) is 25.3. The Labute approximate surface area is 340 Å². The molecule has 0 aromatic heterocycles. The van der Waals surface area contributed by atoms with Crippen LogP contribution in [-0.4, -0.2) is 68.5 Å². The largest absolute Gasteiger partial charge is 0.756 e. The molecular weight excluding hydrogens is 707 g/mol. The monoisotopic (exact) mass is 797 g/mol. The summed E-state index contributed by atoms with van der Waals surface area (Å²) in [5.41, 5.74) is 0. The minimum atomic E-state index is -4.60. The number of phosphoric acid groups is 1. The Morgan fingerprint density at radius 2 is 1.02 bits per heavy atom. The molecule has 0 saturated carbocycles. The molecule has 0 saturated heterocycles. The van der Waals surface area contributed by atoms with Crippen molar-refractivity contribution in [3.63, 3.8) is 0 Å². The van der Waals surface area contributed by atoms with Crippen molar-refractivity contribution in [1.29, 1.82) is 0 Å². The van der Waals surface area contributed by atoms with Crippen LogP contribution in [-0.2, 0) is 18.4 Å². The number of likely N-dealkylation sites (N-methyl/N-ethyl adjacent to an activating group) is 1. The third-order valence-electron chi connectivity index (χ3n) is 10.1. The average Bonchev–Trinajstić information content (AvgIpc) is 3.13. The Kier molecular flexibility index (Phi) is 37.4. The van der Waals surface area contributed by atoms with Gasteiger partial charge in [-0.3, -0.25) is 9.36 Å². The van der Waals surface area contributed by atoms with Gasteiger partial charge in [0.05, 0.1) is 39.9 Å². The van der Waals surface area contributed by atoms with Gasteiger partial charge < -0.3 is 28.8 Å². The quantitative estimate of drug-likeness (QED) is 0.0276. The summed E-state index contributed by atoms with van der Waals surface area (Å²) in [5, 5.41) is 13.8. The number of phosphoric ester groups is 1. The van der Waals surface area contributed by atoms with Gasteiger partial charge in [0.1, 0.15) is 13.2 Å². The van der Waals surface area contributed by atoms with Crippen LogP contribution >= 0.6 is 7.82 Å². The molecule has 0 aliphatic rings. The van der Waals surface area contributed by atoms with Crippen LogP contribution in [0.1, 0.15) is 200 Å². The molecule has 8 nitrogen and oxygen atoms in total. The Morgan fingerprint density at radius 1 is 0.618 bits per heavy atom. The number of hydrogen-bond donors (Lipinski definition) is 2. The smallest absolute Gasteiger partial charge is 0.268 e. The maximum Gasteiger partial charge on any atom is 0.268 e. The van der Waals surface area contributed by atoms with Gasteiger partial charge in [-0.25, -0.2) is 0 Å². The summed E-state index contributed by atoms with van der Waals surface area (Å²) in [5.74, 6) is -0.211. The van der Waals surface area contributed by atoms with E-state index < -0.39 is 26.6 Å². The van der Waals surface area contributed by atoms with Crippen LogP contribution in [0.3, 0.4) is 0 Å². The fourth-order valence-corrected chi connectivity index (χ4v) is 7.14. The topological polar surface area (TPSA) is 108 Å². The number of unbranched alkanes of at least 4 members (excludes halogenated alkanes) is 24. The van der Waals surface area contributed by atoms with Gasteiger partial charge in [-0.15, -0.1) is 0 Å². The standard InChI is InChI=1S/C46H89N2O6P/c1-6-8-10-12-14-16-18-20-22-24-25-27-29-31-33-35-37-39-45(49)44(43-54-55(51,52)53-42-41-48(3,4)5)47-46(50)40-38-36-34-32-30-28-26-23-21-19-17-15-13-11-9-7-2/h22,24,29,31,37,39,44-45,49H,6-21,23,25-28,30,32-36,38,40-43H2,1-5H3,(H-,47,50,51,52)/b24-22+,31-29+,39-37+. The van der Waals surface area contributed by atoms with Crippen molar-refractivity contribution < 1.29 is 32.9 Å². The number of rotatable bonds is 41. The first-order valence-corrected chi connectivity index (χ1v) is 24.3. The molecule has 9 heteroatoms. The lowest BCUT2D eigenvalue weighted by Crippen LogP contribution is -2.45. The van der Waals surface area contributed by atoms with Crippen LogP contribution in [0.5, 0.6) is 0 Å². The number of aliphatic hydroxyl groups excluding tert-OH is 1. The number of allylic oxidation sites excluding steroid dienone is 5. The van der Waals surface area contributed by atoms with Crippen LogP contribution in [0.15, 0.2) is 36.5 Å². The minimum Gasteiger partial charge on any atom is -0.756 e. The molecule has 1 amide bonds. The van der Waals surface area contributed by atoms with E-state index in [4.69, 9.17) is 9.05 Å². The lowest BCUT2D eigenvalue weighted by Gasteiger charge is -2.29. The van der Waals surface area contributed by atoms with Crippen LogP contribution < -0.4 is 10.2 Å². The van der Waals surface area contributed by atoms with E-state index in [-0.39, 0.29) is 12.5 Å². The maximum atomic E-state index is 12.8. The lowest BCUT2D eigenvalue weighted by molar-refractivity contribution is -0.870. The SMILES string of the molecule is CCCCCCCCC/C=C/CC/C=C/CC/C=C/C(O)C(COP(=O)([O-])OCC[N+](C)(C)C)NC(=O)CCCCCCCCCCCCCCCCCC. The zero-order valence-electron chi connectivity index (χ0n) is 36.6. The number of nitrogens with one attached hydrogen (secondary N) is 1. The van der Waals surface area contributed by atoms with Gasteiger partial charge in [-0.05, 0) is 44.9 Å². The minimum absolute atomic E-state index is 0.00786. The summed E-state index contributed by atoms with van der Waals surface area (Å²) in [6, 6.07) is -0.905. The van der Waals surface area contributed by atoms with Crippen LogP contribution in [0.4, 0.5) is 0 Å². The fourth-order valence-electron chi connectivity index (χ4n) is 6.42. The summed E-state index contributed by atoms with van der Waals surface area (Å²) in [7, 11) is 1.24. The zero-order chi connectivity index (χ0) is 40.7. The second-order valence-electron chi connectivity index (χ2n) is 16.7. The van der Waals surface area contributed by atoms with Crippen molar-refractivity contribution in [1.82, 2.24) is 5.32 Å². The van der Waals surface area contributed by atoms with Gasteiger partial charge in [0, 0.05) is 6.42 Å². The van der Waals surface area contributed by atoms with Crippen molar-refractivity contribution >= 4 is 13.7 Å². The third kappa shape index (κ3) is 40.7. The van der Waals surface area contributed by atoms with Gasteiger partial charge in [0.15, 0.2) is 0 Å². The molecule has 3 atom stereocenters. The number of amides is 1. The second kappa shape index (κ2) is 38.2. The average molecular weight is 797 g/mol. The number of aliphatic hydroxyl groups is 1. The molecular formula is C46H89N2O6P. The predicted molar refractivity (Wildman–Crippen MR) is 233 cm³/mol. The van der Waals surface area contributed by atoms with Gasteiger partial charge in [0.2, 0.25) is 5.91 Å². The van der Waals surface area contributed by atoms with E-state index in [9.17, 15) is 19.4 Å². The highest BCUT2D eigenvalue weighted by atomic mass is 31.2. The first-order valence-electron chi connectivity index (χ1n) is 22.9. The van der Waals surface area contributed by atoms with Crippen molar-refractivity contribution in [3.8, 4) is 0 Å². The molecule has 0 aliphatic carbocycles. The summed E-state index contributed by atoms with van der Waals surface area (Å²) < 4.78 is 23.2. The van der Waals surface area contributed by atoms with E-state index in [1.165, 1.54) is 135 Å². The molecule has 0 spiro atoms. The van der Waals surface area contributed by atoms with Crippen molar-refractivity contribution in [2.24, 2.45) is 0 Å². The molecule has 0 aromatic rings. The molecule has 0 bridgehead atoms. The van der Waals surface area contributed by atoms with E-state index in [2.05, 4.69) is 43.5 Å². The fraction of sp³-hybridized carbons (Fsp3) is 0.848. The molecule has 0 aliphatic heterocycles. The van der Waals surface area contributed by atoms with Gasteiger partial charge in [-0.2, -0.15) is 0 Å². The summed E-state index contributed by atoms with van der Waals surface area (Å²) in [6.07, 6.45) is 46.2. The highest BCUT2D eigenvalue weighted by Gasteiger charge is 2.23. The van der Waals surface area contributed by atoms with E-state index in [0.717, 1.165) is 44.9 Å². The normalized spacial score (nSPS) is 14.7. The van der Waals surface area contributed by atoms with Crippen molar-refractivity contribution in [2.75, 3.05) is 40.9 Å². The van der Waals surface area contributed by atoms with E-state index >= 15 is 0 Å². The number of carbonyl (C=O) groups excluding carboxylic acids is 1. The summed E-state index contributed by atoms with van der Waals surface area (Å²) in [6.45, 7) is 4.61. The molecule has 3 unspecified atom stereocenters. The molecule has 0 fully saturated rings. The van der Waals surface area contributed by atoms with Crippen LogP contribution in [0.25, 0.3) is 0 Å². The Balaban J connectivity index is 4.48. The Morgan fingerprint density at radius 3 is 1.47 bits per heavy atom. The Hall–Kier alpha value is -1.28. The molecule has 324 valence electrons. The number of carbonyl (C=O) groups is 1. The van der Waals surface area contributed by atoms with E-state index in [0.29, 0.717) is 17.4 Å². The van der Waals surface area contributed by atoms with Gasteiger partial charge in [0.25, 0.3) is 7.82 Å². The molecule has 55 heavy (non-hydrogen) atoms. The number of quaternary nitrogens is 1. The first-order chi connectivity index (χ1) is 26.5.